The fourth-order valence-corrected chi connectivity index (χ4v) is 2.91. The van der Waals surface area contributed by atoms with Crippen molar-refractivity contribution >= 4 is 10.0 Å². The molecule has 1 atom stereocenters. The molecule has 0 aliphatic rings. The highest BCUT2D eigenvalue weighted by Gasteiger charge is 2.29. The van der Waals surface area contributed by atoms with Gasteiger partial charge in [-0.3, -0.25) is 11.3 Å². The van der Waals surface area contributed by atoms with Gasteiger partial charge >= 0.3 is 0 Å². The summed E-state index contributed by atoms with van der Waals surface area (Å²) in [7, 11) is -1.90. The van der Waals surface area contributed by atoms with Gasteiger partial charge in [-0.05, 0) is 17.5 Å². The van der Waals surface area contributed by atoms with Gasteiger partial charge in [0.05, 0.1) is 4.90 Å². The minimum Gasteiger partial charge on any atom is -0.271 e. The number of sulfonamides is 1. The molecule has 0 saturated heterocycles. The lowest BCUT2D eigenvalue weighted by Gasteiger charge is -2.33. The first-order valence-corrected chi connectivity index (χ1v) is 7.61. The summed E-state index contributed by atoms with van der Waals surface area (Å²) in [5.41, 5.74) is 2.56. The highest BCUT2D eigenvalue weighted by Crippen LogP contribution is 2.21. The maximum absolute atomic E-state index is 12.4. The summed E-state index contributed by atoms with van der Waals surface area (Å²) in [6, 6.07) is 8.27. The van der Waals surface area contributed by atoms with E-state index in [4.69, 9.17) is 5.84 Å². The second-order valence-corrected chi connectivity index (χ2v) is 7.73. The molecule has 108 valence electrons. The number of nitrogens with two attached hydrogens (primary N) is 1. The van der Waals surface area contributed by atoms with E-state index >= 15 is 0 Å². The Balaban J connectivity index is 2.92. The van der Waals surface area contributed by atoms with Crippen molar-refractivity contribution < 1.29 is 8.42 Å². The number of likely N-dealkylation sites (N-methyl/N-ethyl adjacent to an activating group) is 1. The predicted molar refractivity (Wildman–Crippen MR) is 76.8 cm³/mol. The number of nitrogens with one attached hydrogen (secondary N) is 1. The molecule has 0 fully saturated rings. The van der Waals surface area contributed by atoms with E-state index in [1.54, 1.807) is 37.4 Å². The molecule has 1 aromatic rings. The molecule has 6 heteroatoms. The minimum absolute atomic E-state index is 0.129. The second kappa shape index (κ2) is 6.00. The second-order valence-electron chi connectivity index (χ2n) is 5.68. The Morgan fingerprint density at radius 2 is 1.79 bits per heavy atom. The summed E-state index contributed by atoms with van der Waals surface area (Å²) in [5, 5.41) is 0. The molecule has 0 aromatic heterocycles. The largest absolute Gasteiger partial charge is 0.271 e. The molecule has 0 amide bonds. The van der Waals surface area contributed by atoms with E-state index < -0.39 is 10.0 Å². The molecule has 0 unspecified atom stereocenters. The van der Waals surface area contributed by atoms with E-state index in [0.29, 0.717) is 11.4 Å². The van der Waals surface area contributed by atoms with Crippen LogP contribution >= 0.6 is 0 Å². The lowest BCUT2D eigenvalue weighted by atomic mass is 9.87. The van der Waals surface area contributed by atoms with Gasteiger partial charge in [-0.25, -0.2) is 8.42 Å². The van der Waals surface area contributed by atoms with Gasteiger partial charge < -0.3 is 0 Å². The monoisotopic (exact) mass is 285 g/mol. The Kier molecular flexibility index (Phi) is 5.09. The Morgan fingerprint density at radius 1 is 1.26 bits per heavy atom. The van der Waals surface area contributed by atoms with Crippen LogP contribution in [0.3, 0.4) is 0 Å². The van der Waals surface area contributed by atoms with Gasteiger partial charge in [-0.1, -0.05) is 39.0 Å². The van der Waals surface area contributed by atoms with Crippen LogP contribution in [0.2, 0.25) is 0 Å². The predicted octanol–water partition coefficient (Wildman–Crippen LogP) is 1.19. The lowest BCUT2D eigenvalue weighted by Crippen LogP contribution is -2.51. The third-order valence-electron chi connectivity index (χ3n) is 3.14. The maximum atomic E-state index is 12.4. The molecule has 5 nitrogen and oxygen atoms in total. The van der Waals surface area contributed by atoms with Crippen molar-refractivity contribution in [2.24, 2.45) is 11.3 Å². The number of benzene rings is 1. The summed E-state index contributed by atoms with van der Waals surface area (Å²) in [6.45, 7) is 6.36. The van der Waals surface area contributed by atoms with E-state index in [-0.39, 0.29) is 11.5 Å². The average Bonchev–Trinajstić information content (AvgIpc) is 2.35. The topological polar surface area (TPSA) is 75.4 Å². The molecule has 0 aliphatic carbocycles. The molecular weight excluding hydrogens is 262 g/mol. The van der Waals surface area contributed by atoms with E-state index in [9.17, 15) is 8.42 Å². The van der Waals surface area contributed by atoms with Crippen molar-refractivity contribution in [3.05, 3.63) is 30.3 Å². The molecule has 1 aromatic carbocycles. The van der Waals surface area contributed by atoms with Crippen LogP contribution in [-0.4, -0.2) is 32.4 Å². The van der Waals surface area contributed by atoms with Crippen LogP contribution < -0.4 is 11.3 Å². The average molecular weight is 285 g/mol. The zero-order chi connectivity index (χ0) is 14.7. The number of rotatable bonds is 5. The first-order chi connectivity index (χ1) is 8.69. The number of nitrogens with zero attached hydrogens (tertiary/aromatic N) is 1. The molecule has 0 heterocycles. The summed E-state index contributed by atoms with van der Waals surface area (Å²) in [4.78, 5) is 0.294. The van der Waals surface area contributed by atoms with Crippen molar-refractivity contribution in [2.75, 3.05) is 13.6 Å². The first kappa shape index (κ1) is 16.1. The minimum atomic E-state index is -3.47. The van der Waals surface area contributed by atoms with Crippen LogP contribution in [0, 0.1) is 5.41 Å². The zero-order valence-electron chi connectivity index (χ0n) is 11.9. The van der Waals surface area contributed by atoms with Gasteiger partial charge in [-0.2, -0.15) is 4.31 Å². The third-order valence-corrected chi connectivity index (χ3v) is 4.98. The maximum Gasteiger partial charge on any atom is 0.242 e. The summed E-state index contributed by atoms with van der Waals surface area (Å²) >= 11 is 0. The van der Waals surface area contributed by atoms with Crippen molar-refractivity contribution in [1.29, 1.82) is 0 Å². The molecule has 1 rings (SSSR count). The van der Waals surface area contributed by atoms with Crippen molar-refractivity contribution in [2.45, 2.75) is 31.7 Å². The molecule has 0 aliphatic heterocycles. The number of hydrazine groups is 1. The molecular formula is C13H23N3O2S. The number of hydrogen-bond donors (Lipinski definition) is 2. The zero-order valence-corrected chi connectivity index (χ0v) is 12.7. The lowest BCUT2D eigenvalue weighted by molar-refractivity contribution is 0.237. The van der Waals surface area contributed by atoms with Gasteiger partial charge in [0.25, 0.3) is 0 Å². The quantitative estimate of drug-likeness (QED) is 0.629. The van der Waals surface area contributed by atoms with Crippen molar-refractivity contribution in [3.63, 3.8) is 0 Å². The Hall–Kier alpha value is -0.950. The van der Waals surface area contributed by atoms with Gasteiger partial charge in [-0.15, -0.1) is 0 Å². The number of hydrogen-bond acceptors (Lipinski definition) is 4. The van der Waals surface area contributed by atoms with E-state index in [0.717, 1.165) is 0 Å². The van der Waals surface area contributed by atoms with Crippen molar-refractivity contribution in [1.82, 2.24) is 9.73 Å². The molecule has 3 N–H and O–H groups in total. The normalized spacial score (nSPS) is 14.6. The Bertz CT molecular complexity index is 494. The fourth-order valence-electron chi connectivity index (χ4n) is 1.70. The molecule has 0 radical (unpaired) electrons. The Labute approximate surface area is 115 Å². The van der Waals surface area contributed by atoms with Crippen LogP contribution in [0.4, 0.5) is 0 Å². The highest BCUT2D eigenvalue weighted by atomic mass is 32.2. The standard InChI is InChI=1S/C13H23N3O2S/c1-13(2,3)12(15-14)10-16(4)19(17,18)11-8-6-5-7-9-11/h5-9,12,15H,10,14H2,1-4H3/t12-/m1/s1. The first-order valence-electron chi connectivity index (χ1n) is 6.17. The smallest absolute Gasteiger partial charge is 0.242 e. The summed E-state index contributed by atoms with van der Waals surface area (Å²) in [5.74, 6) is 5.52. The molecule has 0 spiro atoms. The van der Waals surface area contributed by atoms with Crippen LogP contribution in [-0.2, 0) is 10.0 Å². The molecule has 0 saturated carbocycles. The summed E-state index contributed by atoms with van der Waals surface area (Å²) < 4.78 is 26.1. The van der Waals surface area contributed by atoms with Crippen molar-refractivity contribution in [3.8, 4) is 0 Å². The summed E-state index contributed by atoms with van der Waals surface area (Å²) in [6.07, 6.45) is 0. The van der Waals surface area contributed by atoms with Gasteiger partial charge in [0.1, 0.15) is 0 Å². The molecule has 0 bridgehead atoms. The van der Waals surface area contributed by atoms with Crippen LogP contribution in [0.1, 0.15) is 20.8 Å². The van der Waals surface area contributed by atoms with Gasteiger partial charge in [0, 0.05) is 19.6 Å². The fraction of sp³-hybridized carbons (Fsp3) is 0.538. The molecule has 19 heavy (non-hydrogen) atoms. The van der Waals surface area contributed by atoms with E-state index in [1.807, 2.05) is 20.8 Å². The Morgan fingerprint density at radius 3 is 2.21 bits per heavy atom. The SMILES string of the molecule is CN(C[C@@H](NN)C(C)(C)C)S(=O)(=O)c1ccccc1. The van der Waals surface area contributed by atoms with Crippen LogP contribution in [0.25, 0.3) is 0 Å². The van der Waals surface area contributed by atoms with Gasteiger partial charge in [0.2, 0.25) is 10.0 Å². The van der Waals surface area contributed by atoms with E-state index in [1.165, 1.54) is 4.31 Å². The highest BCUT2D eigenvalue weighted by molar-refractivity contribution is 7.89. The third kappa shape index (κ3) is 4.01. The van der Waals surface area contributed by atoms with E-state index in [2.05, 4.69) is 5.43 Å². The van der Waals surface area contributed by atoms with Gasteiger partial charge in [0.15, 0.2) is 0 Å². The van der Waals surface area contributed by atoms with Crippen LogP contribution in [0.5, 0.6) is 0 Å². The van der Waals surface area contributed by atoms with Crippen LogP contribution in [0.15, 0.2) is 35.2 Å².